The van der Waals surface area contributed by atoms with Crippen molar-refractivity contribution in [2.45, 2.75) is 27.7 Å². The minimum Gasteiger partial charge on any atom is -0.420 e. The molecule has 0 aliphatic carbocycles. The largest absolute Gasteiger partial charge is 0.420 e. The number of fused-ring (bicyclic) bond motifs is 1. The summed E-state index contributed by atoms with van der Waals surface area (Å²) in [6.07, 6.45) is 0. The number of hydrogen-bond acceptors (Lipinski definition) is 7. The molecule has 0 aliphatic rings. The molecule has 0 N–H and O–H groups in total. The van der Waals surface area contributed by atoms with Gasteiger partial charge in [0.15, 0.2) is 17.3 Å². The van der Waals surface area contributed by atoms with Gasteiger partial charge in [-0.25, -0.2) is 9.78 Å². The van der Waals surface area contributed by atoms with Gasteiger partial charge in [-0.3, -0.25) is 19.7 Å². The van der Waals surface area contributed by atoms with Crippen LogP contribution in [0.1, 0.15) is 43.7 Å². The molecule has 0 saturated heterocycles. The predicted molar refractivity (Wildman–Crippen MR) is 122 cm³/mol. The summed E-state index contributed by atoms with van der Waals surface area (Å²) >= 11 is 0. The van der Waals surface area contributed by atoms with Crippen LogP contribution in [0.15, 0.2) is 66.2 Å². The number of non-ortho nitro benzene ring substituents is 1. The molecule has 3 rings (SSSR count). The fourth-order valence-electron chi connectivity index (χ4n) is 3.11. The summed E-state index contributed by atoms with van der Waals surface area (Å²) in [6.45, 7) is 6.19. The molecule has 0 unspecified atom stereocenters. The summed E-state index contributed by atoms with van der Waals surface area (Å²) < 4.78 is 5.60. The third-order valence-corrected chi connectivity index (χ3v) is 4.81. The van der Waals surface area contributed by atoms with Crippen molar-refractivity contribution < 1.29 is 24.0 Å². The van der Waals surface area contributed by atoms with Gasteiger partial charge in [0, 0.05) is 22.9 Å². The fourth-order valence-corrected chi connectivity index (χ4v) is 3.11. The summed E-state index contributed by atoms with van der Waals surface area (Å²) in [7, 11) is 0. The van der Waals surface area contributed by atoms with Crippen molar-refractivity contribution in [1.29, 1.82) is 0 Å². The lowest BCUT2D eigenvalue weighted by Crippen LogP contribution is -2.27. The highest BCUT2D eigenvalue weighted by Crippen LogP contribution is 2.30. The van der Waals surface area contributed by atoms with Gasteiger partial charge in [-0.1, -0.05) is 45.0 Å². The maximum absolute atomic E-state index is 13.1. The van der Waals surface area contributed by atoms with E-state index in [1.807, 2.05) is 0 Å². The minimum absolute atomic E-state index is 0.0865. The number of nitrogens with zero attached hydrogens (tertiary/aromatic N) is 2. The van der Waals surface area contributed by atoms with Crippen molar-refractivity contribution in [3.63, 3.8) is 0 Å². The van der Waals surface area contributed by atoms with Gasteiger partial charge in [-0.15, -0.1) is 0 Å². The first-order chi connectivity index (χ1) is 15.5. The van der Waals surface area contributed by atoms with Crippen LogP contribution in [0.25, 0.3) is 16.7 Å². The van der Waals surface area contributed by atoms with Gasteiger partial charge in [0.2, 0.25) is 0 Å². The summed E-state index contributed by atoms with van der Waals surface area (Å²) in [5.41, 5.74) is -0.613. The molecule has 8 heteroatoms. The van der Waals surface area contributed by atoms with Gasteiger partial charge in [0.05, 0.1) is 16.0 Å². The Balaban J connectivity index is 2.22. The molecule has 33 heavy (non-hydrogen) atoms. The molecule has 0 amide bonds. The first-order valence-corrected chi connectivity index (χ1v) is 10.1. The molecule has 0 saturated carbocycles. The van der Waals surface area contributed by atoms with E-state index in [4.69, 9.17) is 4.74 Å². The predicted octanol–water partition coefficient (Wildman–Crippen LogP) is 4.92. The Hall–Kier alpha value is -4.20. The molecule has 168 valence electrons. The van der Waals surface area contributed by atoms with E-state index >= 15 is 0 Å². The summed E-state index contributed by atoms with van der Waals surface area (Å²) in [6, 6.07) is 15.3. The van der Waals surface area contributed by atoms with E-state index in [-0.39, 0.29) is 28.3 Å². The molecule has 0 bridgehead atoms. The smallest absolute Gasteiger partial charge is 0.343 e. The van der Waals surface area contributed by atoms with Crippen LogP contribution in [0, 0.1) is 15.5 Å². The van der Waals surface area contributed by atoms with E-state index in [1.165, 1.54) is 31.2 Å². The molecule has 0 aliphatic heterocycles. The van der Waals surface area contributed by atoms with Gasteiger partial charge < -0.3 is 4.74 Å². The Bertz CT molecular complexity index is 1300. The number of benzene rings is 2. The Kier molecular flexibility index (Phi) is 6.48. The zero-order valence-electron chi connectivity index (χ0n) is 18.6. The van der Waals surface area contributed by atoms with E-state index in [0.29, 0.717) is 10.9 Å². The number of aromatic nitrogens is 1. The number of ether oxygens (including phenoxy) is 1. The molecule has 2 aromatic carbocycles. The molecular weight excluding hydrogens is 424 g/mol. The topological polar surface area (TPSA) is 116 Å². The Morgan fingerprint density at radius 2 is 1.64 bits per heavy atom. The first kappa shape index (κ1) is 23.5. The van der Waals surface area contributed by atoms with E-state index in [2.05, 4.69) is 4.98 Å². The number of ketones is 2. The van der Waals surface area contributed by atoms with Crippen LogP contribution in [0.2, 0.25) is 0 Å². The van der Waals surface area contributed by atoms with Crippen LogP contribution in [-0.4, -0.2) is 27.4 Å². The standard InChI is InChI=1S/C25H22N2O6/c1-15(28)21(23(29)25(2,3)4)22(33-24(30)16-8-6-5-7-9-16)20-12-10-17-14-18(27(31)32)11-13-19(17)26-20/h5-14H,1-4H3. The maximum Gasteiger partial charge on any atom is 0.343 e. The molecule has 1 heterocycles. The quantitative estimate of drug-likeness (QED) is 0.100. The van der Waals surface area contributed by atoms with Gasteiger partial charge in [0.25, 0.3) is 5.69 Å². The highest BCUT2D eigenvalue weighted by Gasteiger charge is 2.33. The monoisotopic (exact) mass is 446 g/mol. The molecule has 0 fully saturated rings. The number of Topliss-reactive ketones (excluding diaryl/α,β-unsaturated/α-hetero) is 2. The van der Waals surface area contributed by atoms with Crippen LogP contribution < -0.4 is 0 Å². The van der Waals surface area contributed by atoms with Gasteiger partial charge in [0.1, 0.15) is 11.3 Å². The molecule has 0 atom stereocenters. The fraction of sp³-hybridized carbons (Fsp3) is 0.200. The van der Waals surface area contributed by atoms with Gasteiger partial charge in [-0.2, -0.15) is 0 Å². The number of carbonyl (C=O) groups excluding carboxylic acids is 3. The number of rotatable bonds is 6. The second kappa shape index (κ2) is 9.12. The highest BCUT2D eigenvalue weighted by atomic mass is 16.6. The summed E-state index contributed by atoms with van der Waals surface area (Å²) in [5.74, 6) is -2.08. The molecular formula is C25H22N2O6. The minimum atomic E-state index is -0.928. The number of nitro groups is 1. The van der Waals surface area contributed by atoms with E-state index in [9.17, 15) is 24.5 Å². The van der Waals surface area contributed by atoms with Gasteiger partial charge >= 0.3 is 5.97 Å². The highest BCUT2D eigenvalue weighted by molar-refractivity contribution is 6.25. The van der Waals surface area contributed by atoms with Crippen molar-refractivity contribution in [3.8, 4) is 0 Å². The van der Waals surface area contributed by atoms with Crippen LogP contribution >= 0.6 is 0 Å². The van der Waals surface area contributed by atoms with Crippen molar-refractivity contribution >= 4 is 39.9 Å². The van der Waals surface area contributed by atoms with Crippen molar-refractivity contribution in [3.05, 3.63) is 87.6 Å². The second-order valence-electron chi connectivity index (χ2n) is 8.43. The maximum atomic E-state index is 13.1. The molecule has 1 aromatic heterocycles. The lowest BCUT2D eigenvalue weighted by Gasteiger charge is -2.20. The zero-order chi connectivity index (χ0) is 24.3. The normalized spacial score (nSPS) is 12.1. The zero-order valence-corrected chi connectivity index (χ0v) is 18.6. The second-order valence-corrected chi connectivity index (χ2v) is 8.43. The van der Waals surface area contributed by atoms with Crippen molar-refractivity contribution in [2.75, 3.05) is 0 Å². The van der Waals surface area contributed by atoms with E-state index < -0.39 is 27.9 Å². The van der Waals surface area contributed by atoms with Crippen molar-refractivity contribution in [2.24, 2.45) is 5.41 Å². The Morgan fingerprint density at radius 3 is 2.21 bits per heavy atom. The lowest BCUT2D eigenvalue weighted by atomic mass is 9.84. The van der Waals surface area contributed by atoms with Crippen LogP contribution in [0.5, 0.6) is 0 Å². The number of allylic oxidation sites excluding steroid dienone is 1. The van der Waals surface area contributed by atoms with Crippen LogP contribution in [0.4, 0.5) is 5.69 Å². The number of hydrogen-bond donors (Lipinski definition) is 0. The summed E-state index contributed by atoms with van der Waals surface area (Å²) in [4.78, 5) is 53.5. The lowest BCUT2D eigenvalue weighted by molar-refractivity contribution is -0.384. The Labute approximate surface area is 190 Å². The molecule has 0 radical (unpaired) electrons. The number of nitro benzene ring substituents is 1. The molecule has 3 aromatic rings. The third kappa shape index (κ3) is 5.17. The molecule has 8 nitrogen and oxygen atoms in total. The summed E-state index contributed by atoms with van der Waals surface area (Å²) in [5, 5.41) is 11.5. The average molecular weight is 446 g/mol. The number of esters is 1. The SMILES string of the molecule is CC(=O)C(C(=O)C(C)(C)C)=C(OC(=O)c1ccccc1)c1ccc2cc([N+](=O)[O-])ccc2n1. The number of carbonyl (C=O) groups is 3. The van der Waals surface area contributed by atoms with E-state index in [1.54, 1.807) is 57.2 Å². The number of pyridine rings is 1. The first-order valence-electron chi connectivity index (χ1n) is 10.1. The third-order valence-electron chi connectivity index (χ3n) is 4.81. The van der Waals surface area contributed by atoms with Crippen LogP contribution in [0.3, 0.4) is 0 Å². The Morgan fingerprint density at radius 1 is 0.970 bits per heavy atom. The van der Waals surface area contributed by atoms with E-state index in [0.717, 1.165) is 0 Å². The van der Waals surface area contributed by atoms with Crippen molar-refractivity contribution in [1.82, 2.24) is 4.98 Å². The van der Waals surface area contributed by atoms with Crippen LogP contribution in [-0.2, 0) is 14.3 Å². The van der Waals surface area contributed by atoms with Gasteiger partial charge in [-0.05, 0) is 31.2 Å². The molecule has 0 spiro atoms. The average Bonchev–Trinajstić information content (AvgIpc) is 2.77.